The van der Waals surface area contributed by atoms with Gasteiger partial charge in [-0.05, 0) is 38.0 Å². The fourth-order valence-electron chi connectivity index (χ4n) is 3.91. The lowest BCUT2D eigenvalue weighted by Crippen LogP contribution is -2.29. The molecule has 29 heavy (non-hydrogen) atoms. The number of hydrogen-bond donors (Lipinski definition) is 0. The van der Waals surface area contributed by atoms with Gasteiger partial charge in [0.1, 0.15) is 0 Å². The molecule has 0 bridgehead atoms. The molecule has 2 atom stereocenters. The number of benzene rings is 2. The zero-order valence-electron chi connectivity index (χ0n) is 17.3. The highest BCUT2D eigenvalue weighted by atomic mass is 32.2. The van der Waals surface area contributed by atoms with Gasteiger partial charge in [0.25, 0.3) is 10.1 Å². The second kappa shape index (κ2) is 9.05. The zero-order valence-corrected chi connectivity index (χ0v) is 18.1. The van der Waals surface area contributed by atoms with Crippen LogP contribution in [0.25, 0.3) is 0 Å². The molecule has 158 valence electrons. The summed E-state index contributed by atoms with van der Waals surface area (Å²) < 4.78 is 48.0. The van der Waals surface area contributed by atoms with Crippen LogP contribution in [0.15, 0.2) is 41.3 Å². The first kappa shape index (κ1) is 21.5. The fourth-order valence-corrected chi connectivity index (χ4v) is 5.04. The van der Waals surface area contributed by atoms with E-state index in [0.717, 1.165) is 30.4 Å². The maximum atomic E-state index is 12.9. The van der Waals surface area contributed by atoms with Crippen molar-refractivity contribution >= 4 is 10.1 Å². The smallest absolute Gasteiger partial charge is 0.297 e. The minimum atomic E-state index is -3.86. The molecule has 0 saturated heterocycles. The molecule has 2 aromatic carbocycles. The van der Waals surface area contributed by atoms with Crippen molar-refractivity contribution in [1.29, 1.82) is 0 Å². The average Bonchev–Trinajstić information content (AvgIpc) is 2.73. The van der Waals surface area contributed by atoms with Crippen molar-refractivity contribution < 1.29 is 26.8 Å². The molecular formula is C22H28O6S. The number of methoxy groups -OCH3 is 3. The molecule has 0 unspecified atom stereocenters. The maximum Gasteiger partial charge on any atom is 0.297 e. The summed E-state index contributed by atoms with van der Waals surface area (Å²) in [6, 6.07) is 10.4. The lowest BCUT2D eigenvalue weighted by atomic mass is 9.81. The van der Waals surface area contributed by atoms with Crippen LogP contribution >= 0.6 is 0 Å². The highest BCUT2D eigenvalue weighted by molar-refractivity contribution is 7.86. The van der Waals surface area contributed by atoms with E-state index < -0.39 is 16.2 Å². The van der Waals surface area contributed by atoms with Crippen molar-refractivity contribution in [2.24, 2.45) is 0 Å². The quantitative estimate of drug-likeness (QED) is 0.616. The summed E-state index contributed by atoms with van der Waals surface area (Å²) in [6.07, 6.45) is 2.90. The molecule has 0 heterocycles. The predicted octanol–water partition coefficient (Wildman–Crippen LogP) is 4.45. The van der Waals surface area contributed by atoms with E-state index in [-0.39, 0.29) is 10.8 Å². The van der Waals surface area contributed by atoms with Crippen molar-refractivity contribution in [3.8, 4) is 17.2 Å². The summed E-state index contributed by atoms with van der Waals surface area (Å²) in [6.45, 7) is 1.91. The van der Waals surface area contributed by atoms with E-state index in [4.69, 9.17) is 18.4 Å². The molecule has 1 fully saturated rings. The molecule has 3 rings (SSSR count). The van der Waals surface area contributed by atoms with Crippen molar-refractivity contribution in [2.45, 2.75) is 49.5 Å². The third-order valence-corrected chi connectivity index (χ3v) is 6.75. The highest BCUT2D eigenvalue weighted by Gasteiger charge is 2.35. The molecule has 1 saturated carbocycles. The van der Waals surface area contributed by atoms with Gasteiger partial charge < -0.3 is 14.2 Å². The van der Waals surface area contributed by atoms with Gasteiger partial charge in [0, 0.05) is 11.5 Å². The first-order valence-corrected chi connectivity index (χ1v) is 11.1. The van der Waals surface area contributed by atoms with Crippen LogP contribution in [0.4, 0.5) is 0 Å². The van der Waals surface area contributed by atoms with Gasteiger partial charge in [-0.2, -0.15) is 8.42 Å². The van der Waals surface area contributed by atoms with Crippen molar-refractivity contribution in [2.75, 3.05) is 21.3 Å². The number of ether oxygens (including phenoxy) is 3. The standard InChI is InChI=1S/C22H28O6S/c1-15-9-11-16(12-10-15)29(23,24)28-19-8-6-5-7-17(19)18-13-14-20(25-2)22(27-4)21(18)26-3/h9-14,17,19H,5-8H2,1-4H3/t17-,19+/m1/s1. The molecular weight excluding hydrogens is 392 g/mol. The minimum Gasteiger partial charge on any atom is -0.493 e. The topological polar surface area (TPSA) is 71.1 Å². The van der Waals surface area contributed by atoms with Gasteiger partial charge in [-0.1, -0.05) is 36.6 Å². The molecule has 0 aliphatic heterocycles. The van der Waals surface area contributed by atoms with Crippen LogP contribution in [0.3, 0.4) is 0 Å². The molecule has 0 radical (unpaired) electrons. The molecule has 0 aromatic heterocycles. The zero-order chi connectivity index (χ0) is 21.0. The van der Waals surface area contributed by atoms with Crippen LogP contribution in [0, 0.1) is 6.92 Å². The Morgan fingerprint density at radius 3 is 2.10 bits per heavy atom. The summed E-state index contributed by atoms with van der Waals surface area (Å²) in [7, 11) is 0.833. The van der Waals surface area contributed by atoms with E-state index >= 15 is 0 Å². The normalized spacial score (nSPS) is 19.6. The fraction of sp³-hybridized carbons (Fsp3) is 0.455. The first-order chi connectivity index (χ1) is 13.9. The Kier molecular flexibility index (Phi) is 6.70. The van der Waals surface area contributed by atoms with E-state index in [1.807, 2.05) is 19.1 Å². The second-order valence-corrected chi connectivity index (χ2v) is 8.79. The van der Waals surface area contributed by atoms with Crippen LogP contribution in [-0.4, -0.2) is 35.9 Å². The Labute approximate surface area is 172 Å². The molecule has 1 aliphatic carbocycles. The van der Waals surface area contributed by atoms with Gasteiger partial charge in [0.15, 0.2) is 11.5 Å². The van der Waals surface area contributed by atoms with E-state index in [2.05, 4.69) is 0 Å². The SMILES string of the molecule is COc1ccc([C@H]2CCCC[C@@H]2OS(=O)(=O)c2ccc(C)cc2)c(OC)c1OC. The van der Waals surface area contributed by atoms with Crippen LogP contribution in [-0.2, 0) is 14.3 Å². The molecule has 0 amide bonds. The summed E-state index contributed by atoms with van der Waals surface area (Å²) >= 11 is 0. The number of rotatable bonds is 7. The lowest BCUT2D eigenvalue weighted by molar-refractivity contribution is 0.135. The molecule has 2 aromatic rings. The van der Waals surface area contributed by atoms with Gasteiger partial charge in [-0.25, -0.2) is 0 Å². The Morgan fingerprint density at radius 2 is 1.48 bits per heavy atom. The summed E-state index contributed by atoms with van der Waals surface area (Å²) in [4.78, 5) is 0.173. The summed E-state index contributed by atoms with van der Waals surface area (Å²) in [5, 5.41) is 0. The lowest BCUT2D eigenvalue weighted by Gasteiger charge is -2.32. The van der Waals surface area contributed by atoms with Crippen LogP contribution < -0.4 is 14.2 Å². The molecule has 6 nitrogen and oxygen atoms in total. The highest BCUT2D eigenvalue weighted by Crippen LogP contribution is 2.47. The van der Waals surface area contributed by atoms with Crippen molar-refractivity contribution in [3.05, 3.63) is 47.5 Å². The van der Waals surface area contributed by atoms with Gasteiger partial charge in [0.05, 0.1) is 32.3 Å². The number of hydrogen-bond acceptors (Lipinski definition) is 6. The second-order valence-electron chi connectivity index (χ2n) is 7.22. The average molecular weight is 421 g/mol. The van der Waals surface area contributed by atoms with E-state index in [1.165, 1.54) is 0 Å². The Bertz CT molecular complexity index is 937. The predicted molar refractivity (Wildman–Crippen MR) is 111 cm³/mol. The van der Waals surface area contributed by atoms with Crippen molar-refractivity contribution in [1.82, 2.24) is 0 Å². The van der Waals surface area contributed by atoms with E-state index in [0.29, 0.717) is 23.7 Å². The first-order valence-electron chi connectivity index (χ1n) is 9.70. The molecule has 0 spiro atoms. The summed E-state index contributed by atoms with van der Waals surface area (Å²) in [5.74, 6) is 1.49. The third-order valence-electron chi connectivity index (χ3n) is 5.40. The Morgan fingerprint density at radius 1 is 0.828 bits per heavy atom. The molecule has 7 heteroatoms. The van der Waals surface area contributed by atoms with Gasteiger partial charge in [-0.15, -0.1) is 0 Å². The van der Waals surface area contributed by atoms with Gasteiger partial charge in [0.2, 0.25) is 5.75 Å². The van der Waals surface area contributed by atoms with E-state index in [1.54, 1.807) is 45.6 Å². The Balaban J connectivity index is 1.95. The maximum absolute atomic E-state index is 12.9. The third kappa shape index (κ3) is 4.51. The van der Waals surface area contributed by atoms with Gasteiger partial charge >= 0.3 is 0 Å². The number of aryl methyl sites for hydroxylation is 1. The molecule has 0 N–H and O–H groups in total. The monoisotopic (exact) mass is 420 g/mol. The van der Waals surface area contributed by atoms with Crippen LogP contribution in [0.5, 0.6) is 17.2 Å². The van der Waals surface area contributed by atoms with Crippen molar-refractivity contribution in [3.63, 3.8) is 0 Å². The Hall–Kier alpha value is -2.25. The summed E-state index contributed by atoms with van der Waals surface area (Å²) in [5.41, 5.74) is 1.86. The van der Waals surface area contributed by atoms with E-state index in [9.17, 15) is 8.42 Å². The molecule has 1 aliphatic rings. The van der Waals surface area contributed by atoms with Crippen LogP contribution in [0.2, 0.25) is 0 Å². The van der Waals surface area contributed by atoms with Gasteiger partial charge in [-0.3, -0.25) is 4.18 Å². The minimum absolute atomic E-state index is 0.126. The largest absolute Gasteiger partial charge is 0.493 e. The van der Waals surface area contributed by atoms with Crippen LogP contribution in [0.1, 0.15) is 42.7 Å².